The number of hydrogen-bond acceptors (Lipinski definition) is 2. The third-order valence-corrected chi connectivity index (χ3v) is 4.00. The summed E-state index contributed by atoms with van der Waals surface area (Å²) in [5.41, 5.74) is 1.70. The highest BCUT2D eigenvalue weighted by Gasteiger charge is 2.18. The van der Waals surface area contributed by atoms with E-state index in [1.807, 2.05) is 12.1 Å². The zero-order valence-corrected chi connectivity index (χ0v) is 10.9. The van der Waals surface area contributed by atoms with Crippen molar-refractivity contribution < 1.29 is 4.79 Å². The smallest absolute Gasteiger partial charge is 0.151 e. The van der Waals surface area contributed by atoms with Gasteiger partial charge >= 0.3 is 0 Å². The molecular weight excluding hydrogens is 234 g/mol. The first-order valence-corrected chi connectivity index (χ1v) is 6.62. The van der Waals surface area contributed by atoms with Gasteiger partial charge in [-0.15, -0.1) is 0 Å². The maximum absolute atomic E-state index is 10.7. The molecule has 0 N–H and O–H groups in total. The highest BCUT2D eigenvalue weighted by molar-refractivity contribution is 6.33. The Hall–Kier alpha value is -1.02. The first-order valence-electron chi connectivity index (χ1n) is 6.24. The van der Waals surface area contributed by atoms with Crippen LogP contribution in [0.5, 0.6) is 0 Å². The fourth-order valence-electron chi connectivity index (χ4n) is 2.41. The molecule has 92 valence electrons. The number of anilines is 1. The van der Waals surface area contributed by atoms with Gasteiger partial charge in [0.05, 0.1) is 5.02 Å². The number of halogens is 1. The van der Waals surface area contributed by atoms with E-state index in [1.165, 1.54) is 19.3 Å². The van der Waals surface area contributed by atoms with Crippen LogP contribution in [0, 0.1) is 5.92 Å². The summed E-state index contributed by atoms with van der Waals surface area (Å²) >= 11 is 6.05. The fourth-order valence-corrected chi connectivity index (χ4v) is 2.63. The molecule has 0 unspecified atom stereocenters. The van der Waals surface area contributed by atoms with Crippen molar-refractivity contribution in [2.45, 2.75) is 26.2 Å². The van der Waals surface area contributed by atoms with Crippen LogP contribution >= 0.6 is 11.6 Å². The molecule has 0 atom stereocenters. The van der Waals surface area contributed by atoms with Crippen LogP contribution in [-0.4, -0.2) is 19.4 Å². The quantitative estimate of drug-likeness (QED) is 0.762. The van der Waals surface area contributed by atoms with E-state index in [9.17, 15) is 4.79 Å². The molecule has 0 spiro atoms. The number of carbonyl (C=O) groups is 1. The van der Waals surface area contributed by atoms with E-state index < -0.39 is 0 Å². The van der Waals surface area contributed by atoms with Crippen molar-refractivity contribution in [1.82, 2.24) is 0 Å². The molecule has 1 fully saturated rings. The molecule has 2 nitrogen and oxygen atoms in total. The van der Waals surface area contributed by atoms with Gasteiger partial charge in [0.2, 0.25) is 0 Å². The van der Waals surface area contributed by atoms with Crippen molar-refractivity contribution in [1.29, 1.82) is 0 Å². The Morgan fingerprint density at radius 3 is 2.65 bits per heavy atom. The second-order valence-corrected chi connectivity index (χ2v) is 5.07. The van der Waals surface area contributed by atoms with Gasteiger partial charge < -0.3 is 4.90 Å². The van der Waals surface area contributed by atoms with Crippen LogP contribution < -0.4 is 4.90 Å². The molecule has 1 aromatic carbocycles. The molecule has 2 rings (SSSR count). The summed E-state index contributed by atoms with van der Waals surface area (Å²) in [6.45, 7) is 4.45. The van der Waals surface area contributed by atoms with Gasteiger partial charge in [0, 0.05) is 24.3 Å². The van der Waals surface area contributed by atoms with Gasteiger partial charge in [-0.05, 0) is 37.0 Å². The Balaban J connectivity index is 2.08. The maximum Gasteiger partial charge on any atom is 0.151 e. The van der Waals surface area contributed by atoms with E-state index in [1.54, 1.807) is 6.07 Å². The number of carbonyl (C=O) groups excluding carboxylic acids is 1. The van der Waals surface area contributed by atoms with Crippen LogP contribution in [0.3, 0.4) is 0 Å². The van der Waals surface area contributed by atoms with Crippen LogP contribution in [0.25, 0.3) is 0 Å². The lowest BCUT2D eigenvalue weighted by Crippen LogP contribution is -2.33. The normalized spacial score (nSPS) is 17.2. The summed E-state index contributed by atoms with van der Waals surface area (Å²) in [6, 6.07) is 5.69. The number of nitrogens with zero attached hydrogens (tertiary/aromatic N) is 1. The van der Waals surface area contributed by atoms with E-state index in [4.69, 9.17) is 11.6 Å². The molecule has 1 aliphatic rings. The van der Waals surface area contributed by atoms with Crippen molar-refractivity contribution in [3.63, 3.8) is 0 Å². The minimum Gasteiger partial charge on any atom is -0.371 e. The summed E-state index contributed by atoms with van der Waals surface area (Å²) in [6.07, 6.45) is 4.58. The van der Waals surface area contributed by atoms with Crippen molar-refractivity contribution in [2.24, 2.45) is 5.92 Å². The summed E-state index contributed by atoms with van der Waals surface area (Å²) in [5.74, 6) is 0.871. The first-order chi connectivity index (χ1) is 8.24. The minimum absolute atomic E-state index is 0.551. The van der Waals surface area contributed by atoms with Crippen molar-refractivity contribution in [2.75, 3.05) is 18.0 Å². The van der Waals surface area contributed by atoms with Gasteiger partial charge in [0.1, 0.15) is 0 Å². The van der Waals surface area contributed by atoms with Crippen LogP contribution in [0.15, 0.2) is 18.2 Å². The molecule has 0 saturated carbocycles. The predicted molar refractivity (Wildman–Crippen MR) is 72.1 cm³/mol. The molecule has 3 heteroatoms. The third-order valence-electron chi connectivity index (χ3n) is 3.67. The SMILES string of the molecule is CCC1CCN(c2ccc(C=O)c(Cl)c2)CC1. The Labute approximate surface area is 108 Å². The molecule has 1 aromatic rings. The Morgan fingerprint density at radius 1 is 1.41 bits per heavy atom. The second-order valence-electron chi connectivity index (χ2n) is 4.66. The molecule has 0 radical (unpaired) electrons. The standard InChI is InChI=1S/C14H18ClNO/c1-2-11-5-7-16(8-6-11)13-4-3-12(10-17)14(15)9-13/h3-4,9-11H,2,5-8H2,1H3. The van der Waals surface area contributed by atoms with Crippen LogP contribution in [0.1, 0.15) is 36.5 Å². The Kier molecular flexibility index (Phi) is 4.06. The zero-order chi connectivity index (χ0) is 12.3. The first kappa shape index (κ1) is 12.4. The molecule has 0 bridgehead atoms. The van der Waals surface area contributed by atoms with E-state index in [2.05, 4.69) is 11.8 Å². The molecule has 0 aliphatic carbocycles. The highest BCUT2D eigenvalue weighted by Crippen LogP contribution is 2.27. The van der Waals surface area contributed by atoms with Crippen LogP contribution in [0.2, 0.25) is 5.02 Å². The molecule has 0 aromatic heterocycles. The number of aldehydes is 1. The van der Waals surface area contributed by atoms with Crippen molar-refractivity contribution >= 4 is 23.6 Å². The van der Waals surface area contributed by atoms with Gasteiger partial charge in [-0.25, -0.2) is 0 Å². The molecule has 17 heavy (non-hydrogen) atoms. The van der Waals surface area contributed by atoms with Gasteiger partial charge in [-0.3, -0.25) is 4.79 Å². The molecule has 1 saturated heterocycles. The van der Waals surface area contributed by atoms with Gasteiger partial charge in [-0.1, -0.05) is 24.9 Å². The number of hydrogen-bond donors (Lipinski definition) is 0. The van der Waals surface area contributed by atoms with E-state index >= 15 is 0 Å². The zero-order valence-electron chi connectivity index (χ0n) is 10.2. The van der Waals surface area contributed by atoms with E-state index in [0.29, 0.717) is 10.6 Å². The summed E-state index contributed by atoms with van der Waals surface area (Å²) < 4.78 is 0. The Morgan fingerprint density at radius 2 is 2.12 bits per heavy atom. The third kappa shape index (κ3) is 2.81. The average Bonchev–Trinajstić information content (AvgIpc) is 2.39. The number of piperidine rings is 1. The maximum atomic E-state index is 10.7. The monoisotopic (exact) mass is 251 g/mol. The molecule has 1 aliphatic heterocycles. The number of rotatable bonds is 3. The molecule has 1 heterocycles. The minimum atomic E-state index is 0.551. The fraction of sp³-hybridized carbons (Fsp3) is 0.500. The number of benzene rings is 1. The average molecular weight is 252 g/mol. The molecule has 0 amide bonds. The van der Waals surface area contributed by atoms with E-state index in [-0.39, 0.29) is 0 Å². The van der Waals surface area contributed by atoms with Gasteiger partial charge in [-0.2, -0.15) is 0 Å². The lowest BCUT2D eigenvalue weighted by Gasteiger charge is -2.33. The van der Waals surface area contributed by atoms with E-state index in [0.717, 1.165) is 31.0 Å². The summed E-state index contributed by atoms with van der Waals surface area (Å²) in [7, 11) is 0. The van der Waals surface area contributed by atoms with Gasteiger partial charge in [0.15, 0.2) is 6.29 Å². The van der Waals surface area contributed by atoms with Crippen molar-refractivity contribution in [3.8, 4) is 0 Å². The largest absolute Gasteiger partial charge is 0.371 e. The summed E-state index contributed by atoms with van der Waals surface area (Å²) in [4.78, 5) is 13.1. The lowest BCUT2D eigenvalue weighted by molar-refractivity contribution is 0.112. The van der Waals surface area contributed by atoms with Crippen molar-refractivity contribution in [3.05, 3.63) is 28.8 Å². The second kappa shape index (κ2) is 5.54. The van der Waals surface area contributed by atoms with Crippen LogP contribution in [0.4, 0.5) is 5.69 Å². The lowest BCUT2D eigenvalue weighted by atomic mass is 9.94. The van der Waals surface area contributed by atoms with Gasteiger partial charge in [0.25, 0.3) is 0 Å². The highest BCUT2D eigenvalue weighted by atomic mass is 35.5. The molecular formula is C14H18ClNO. The topological polar surface area (TPSA) is 20.3 Å². The Bertz CT molecular complexity index is 397. The van der Waals surface area contributed by atoms with Crippen LogP contribution in [-0.2, 0) is 0 Å². The predicted octanol–water partition coefficient (Wildman–Crippen LogP) is 3.78. The summed E-state index contributed by atoms with van der Waals surface area (Å²) in [5, 5.41) is 0.551.